The third-order valence-electron chi connectivity index (χ3n) is 12.5. The lowest BCUT2D eigenvalue weighted by molar-refractivity contribution is 0.669. The summed E-state index contributed by atoms with van der Waals surface area (Å²) in [6.45, 7) is 9.25. The third kappa shape index (κ3) is 4.79. The van der Waals surface area contributed by atoms with Crippen LogP contribution in [0.25, 0.3) is 128 Å². The number of hydrogen-bond acceptors (Lipinski definition) is 4. The standard InChI is InChI=1S/C56H29N3OS2/c1-58-51-49(34-24-29-45-42(30-34)35-18-8-11-21-44(35)60-45)48(32-14-4-2-5-15-32)43(31-57)52(50(51)33-16-6-3-7-17-33)59-53-38(25-27-40-36-19-9-12-22-46(36)61-55(40)53)39-26-28-41-37-20-10-13-23-47(37)62-56(41)54(39)59/h2-30H. The van der Waals surface area contributed by atoms with Crippen LogP contribution in [-0.2, 0) is 0 Å². The number of hydrogen-bond donors (Lipinski definition) is 0. The number of nitrogens with zero attached hydrogens (tertiary/aromatic N) is 3. The van der Waals surface area contributed by atoms with Gasteiger partial charge in [0.15, 0.2) is 0 Å². The molecule has 4 heterocycles. The first-order valence-electron chi connectivity index (χ1n) is 20.4. The van der Waals surface area contributed by atoms with E-state index < -0.39 is 0 Å². The van der Waals surface area contributed by atoms with Crippen molar-refractivity contribution in [3.8, 4) is 45.1 Å². The van der Waals surface area contributed by atoms with Crippen LogP contribution in [0.15, 0.2) is 180 Å². The molecule has 0 amide bonds. The summed E-state index contributed by atoms with van der Waals surface area (Å²) in [5.74, 6) is 0. The van der Waals surface area contributed by atoms with E-state index >= 15 is 0 Å². The predicted molar refractivity (Wildman–Crippen MR) is 261 cm³/mol. The average Bonchev–Trinajstić information content (AvgIpc) is 4.10. The van der Waals surface area contributed by atoms with E-state index in [0.29, 0.717) is 16.9 Å². The van der Waals surface area contributed by atoms with Crippen molar-refractivity contribution in [3.63, 3.8) is 0 Å². The Hall–Kier alpha value is -8.00. The topological polar surface area (TPSA) is 46.2 Å². The maximum absolute atomic E-state index is 12.0. The SMILES string of the molecule is [C-]#[N+]c1c(-c2ccc3oc4ccccc4c3c2)c(-c2ccccc2)c(C#N)c(-n2c3c(ccc4c5ccccc5sc43)c3ccc4c5ccccc5sc4c32)c1-c1ccccc1. The minimum Gasteiger partial charge on any atom is -0.456 e. The monoisotopic (exact) mass is 823 g/mol. The molecule has 0 saturated carbocycles. The van der Waals surface area contributed by atoms with E-state index in [1.807, 2.05) is 66.7 Å². The lowest BCUT2D eigenvalue weighted by atomic mass is 9.83. The number of fused-ring (bicyclic) bond motifs is 14. The Morgan fingerprint density at radius 3 is 1.58 bits per heavy atom. The van der Waals surface area contributed by atoms with Crippen LogP contribution in [0, 0.1) is 17.9 Å². The van der Waals surface area contributed by atoms with Gasteiger partial charge in [0, 0.05) is 58.1 Å². The molecule has 286 valence electrons. The van der Waals surface area contributed by atoms with Crippen LogP contribution in [-0.4, -0.2) is 4.57 Å². The smallest absolute Gasteiger partial charge is 0.205 e. The highest BCUT2D eigenvalue weighted by Gasteiger charge is 2.31. The quantitative estimate of drug-likeness (QED) is 0.166. The van der Waals surface area contributed by atoms with Crippen LogP contribution in [0.1, 0.15) is 5.56 Å². The lowest BCUT2D eigenvalue weighted by Gasteiger charge is -2.24. The van der Waals surface area contributed by atoms with Gasteiger partial charge in [-0.2, -0.15) is 5.26 Å². The molecule has 0 aliphatic rings. The molecule has 0 spiro atoms. The molecule has 0 aliphatic carbocycles. The average molecular weight is 824 g/mol. The molecule has 0 atom stereocenters. The molecule has 13 rings (SSSR count). The van der Waals surface area contributed by atoms with Crippen molar-refractivity contribution in [2.45, 2.75) is 0 Å². The summed E-state index contributed by atoms with van der Waals surface area (Å²) in [6.07, 6.45) is 0. The van der Waals surface area contributed by atoms with Gasteiger partial charge in [-0.25, -0.2) is 4.85 Å². The highest BCUT2D eigenvalue weighted by Crippen LogP contribution is 2.55. The maximum Gasteiger partial charge on any atom is 0.205 e. The van der Waals surface area contributed by atoms with Crippen molar-refractivity contribution in [2.24, 2.45) is 0 Å². The number of para-hydroxylation sites is 1. The van der Waals surface area contributed by atoms with Gasteiger partial charge in [-0.05, 0) is 58.1 Å². The molecule has 0 fully saturated rings. The molecule has 13 aromatic rings. The summed E-state index contributed by atoms with van der Waals surface area (Å²) in [6, 6.07) is 63.6. The molecule has 0 bridgehead atoms. The zero-order valence-electron chi connectivity index (χ0n) is 32.8. The molecule has 0 unspecified atom stereocenters. The number of aromatic nitrogens is 1. The van der Waals surface area contributed by atoms with E-state index in [9.17, 15) is 11.8 Å². The van der Waals surface area contributed by atoms with E-state index in [-0.39, 0.29) is 0 Å². The molecular weight excluding hydrogens is 795 g/mol. The van der Waals surface area contributed by atoms with Crippen molar-refractivity contribution in [2.75, 3.05) is 0 Å². The normalized spacial score (nSPS) is 11.8. The summed E-state index contributed by atoms with van der Waals surface area (Å²) >= 11 is 3.57. The van der Waals surface area contributed by atoms with Gasteiger partial charge >= 0.3 is 0 Å². The molecule has 6 heteroatoms. The van der Waals surface area contributed by atoms with Crippen molar-refractivity contribution >= 4 is 112 Å². The largest absolute Gasteiger partial charge is 0.456 e. The number of furan rings is 1. The van der Waals surface area contributed by atoms with Crippen molar-refractivity contribution in [1.29, 1.82) is 5.26 Å². The van der Waals surface area contributed by atoms with Crippen LogP contribution in [0.2, 0.25) is 0 Å². The van der Waals surface area contributed by atoms with E-state index in [1.165, 1.54) is 30.9 Å². The second-order valence-electron chi connectivity index (χ2n) is 15.7. The molecule has 0 N–H and O–H groups in total. The van der Waals surface area contributed by atoms with Crippen LogP contribution in [0.4, 0.5) is 5.69 Å². The van der Waals surface area contributed by atoms with Gasteiger partial charge in [0.05, 0.1) is 38.3 Å². The molecule has 62 heavy (non-hydrogen) atoms. The highest BCUT2D eigenvalue weighted by atomic mass is 32.1. The third-order valence-corrected chi connectivity index (χ3v) is 14.9. The Morgan fingerprint density at radius 1 is 0.468 bits per heavy atom. The van der Waals surface area contributed by atoms with E-state index in [4.69, 9.17) is 4.42 Å². The lowest BCUT2D eigenvalue weighted by Crippen LogP contribution is -2.05. The van der Waals surface area contributed by atoms with Gasteiger partial charge in [0.25, 0.3) is 0 Å². The zero-order valence-corrected chi connectivity index (χ0v) is 34.4. The maximum atomic E-state index is 12.0. The number of thiophene rings is 2. The summed E-state index contributed by atoms with van der Waals surface area (Å²) in [5.41, 5.74) is 10.1. The minimum atomic E-state index is 0.484. The Kier molecular flexibility index (Phi) is 7.44. The van der Waals surface area contributed by atoms with Crippen molar-refractivity contribution < 1.29 is 4.42 Å². The van der Waals surface area contributed by atoms with Gasteiger partial charge < -0.3 is 8.98 Å². The summed E-state index contributed by atoms with van der Waals surface area (Å²) in [5, 5.41) is 20.9. The van der Waals surface area contributed by atoms with E-state index in [0.717, 1.165) is 86.5 Å². The summed E-state index contributed by atoms with van der Waals surface area (Å²) in [4.78, 5) is 4.55. The molecule has 0 saturated heterocycles. The van der Waals surface area contributed by atoms with E-state index in [2.05, 4.69) is 125 Å². The molecular formula is C56H29N3OS2. The fourth-order valence-electron chi connectivity index (χ4n) is 9.87. The Bertz CT molecular complexity index is 3990. The number of rotatable bonds is 4. The van der Waals surface area contributed by atoms with Gasteiger partial charge in [-0.1, -0.05) is 146 Å². The minimum absolute atomic E-state index is 0.484. The second kappa shape index (κ2) is 13.3. The first-order valence-corrected chi connectivity index (χ1v) is 22.1. The van der Waals surface area contributed by atoms with Crippen LogP contribution in [0.3, 0.4) is 0 Å². The van der Waals surface area contributed by atoms with Gasteiger partial charge in [-0.3, -0.25) is 0 Å². The Balaban J connectivity index is 1.30. The van der Waals surface area contributed by atoms with Crippen molar-refractivity contribution in [1.82, 2.24) is 4.57 Å². The summed E-state index contributed by atoms with van der Waals surface area (Å²) < 4.78 is 13.4. The summed E-state index contributed by atoms with van der Waals surface area (Å²) in [7, 11) is 0. The Morgan fingerprint density at radius 2 is 0.984 bits per heavy atom. The Labute approximate surface area is 362 Å². The molecule has 0 radical (unpaired) electrons. The fraction of sp³-hybridized carbons (Fsp3) is 0. The van der Waals surface area contributed by atoms with Gasteiger partial charge in [0.1, 0.15) is 17.2 Å². The first-order chi connectivity index (χ1) is 30.7. The number of nitriles is 1. The van der Waals surface area contributed by atoms with Gasteiger partial charge in [0.2, 0.25) is 5.69 Å². The van der Waals surface area contributed by atoms with Gasteiger partial charge in [-0.15, -0.1) is 22.7 Å². The van der Waals surface area contributed by atoms with Crippen molar-refractivity contribution in [3.05, 3.63) is 193 Å². The van der Waals surface area contributed by atoms with Crippen LogP contribution in [0.5, 0.6) is 0 Å². The van der Waals surface area contributed by atoms with Crippen LogP contribution >= 0.6 is 22.7 Å². The van der Waals surface area contributed by atoms with Crippen LogP contribution < -0.4 is 0 Å². The van der Waals surface area contributed by atoms with E-state index in [1.54, 1.807) is 22.7 Å². The molecule has 9 aromatic carbocycles. The first kappa shape index (κ1) is 34.8. The molecule has 0 aliphatic heterocycles. The second-order valence-corrected chi connectivity index (χ2v) is 17.8. The highest BCUT2D eigenvalue weighted by molar-refractivity contribution is 7.27. The molecule has 4 aromatic heterocycles. The predicted octanol–water partition coefficient (Wildman–Crippen LogP) is 16.8. The number of benzene rings is 9. The fourth-order valence-corrected chi connectivity index (χ4v) is 12.3. The molecule has 4 nitrogen and oxygen atoms in total. The zero-order chi connectivity index (χ0) is 41.1.